The Morgan fingerprint density at radius 2 is 2.21 bits per heavy atom. The van der Waals surface area contributed by atoms with E-state index in [1.54, 1.807) is 12.1 Å². The molecule has 1 aromatic rings. The maximum absolute atomic E-state index is 10.8. The number of non-ortho nitro benzene ring substituents is 1. The van der Waals surface area contributed by atoms with Gasteiger partial charge in [0.2, 0.25) is 0 Å². The molecule has 0 aromatic heterocycles. The number of rotatable bonds is 5. The molecule has 1 unspecified atom stereocenters. The number of nitro benzene ring substituents is 1. The molecule has 0 aliphatic carbocycles. The van der Waals surface area contributed by atoms with Gasteiger partial charge in [-0.25, -0.2) is 0 Å². The molecule has 2 rings (SSSR count). The average molecular weight is 264 g/mol. The molecule has 5 heteroatoms. The van der Waals surface area contributed by atoms with Crippen LogP contribution in [0.4, 0.5) is 5.69 Å². The third-order valence-electron chi connectivity index (χ3n) is 3.63. The zero-order valence-electron chi connectivity index (χ0n) is 11.2. The van der Waals surface area contributed by atoms with Gasteiger partial charge in [0, 0.05) is 31.4 Å². The molecule has 1 atom stereocenters. The van der Waals surface area contributed by atoms with Gasteiger partial charge in [0.15, 0.2) is 0 Å². The number of ether oxygens (including phenoxy) is 1. The Hall–Kier alpha value is -1.46. The summed E-state index contributed by atoms with van der Waals surface area (Å²) in [6.07, 6.45) is 2.18. The summed E-state index contributed by atoms with van der Waals surface area (Å²) in [5.41, 5.74) is 1.11. The molecule has 19 heavy (non-hydrogen) atoms. The van der Waals surface area contributed by atoms with Crippen molar-refractivity contribution in [3.8, 4) is 0 Å². The van der Waals surface area contributed by atoms with E-state index in [0.717, 1.165) is 38.2 Å². The van der Waals surface area contributed by atoms with Crippen molar-refractivity contribution in [2.75, 3.05) is 19.8 Å². The van der Waals surface area contributed by atoms with Crippen LogP contribution in [0.1, 0.15) is 31.4 Å². The van der Waals surface area contributed by atoms with E-state index in [4.69, 9.17) is 4.74 Å². The minimum atomic E-state index is -0.352. The summed E-state index contributed by atoms with van der Waals surface area (Å²) in [5.74, 6) is 0.648. The molecule has 1 fully saturated rings. The van der Waals surface area contributed by atoms with Crippen molar-refractivity contribution in [2.45, 2.75) is 25.8 Å². The molecule has 104 valence electrons. The third-order valence-corrected chi connectivity index (χ3v) is 3.63. The maximum Gasteiger partial charge on any atom is 0.269 e. The first-order chi connectivity index (χ1) is 9.16. The van der Waals surface area contributed by atoms with Crippen molar-refractivity contribution in [3.05, 3.63) is 39.9 Å². The highest BCUT2D eigenvalue weighted by molar-refractivity contribution is 5.35. The van der Waals surface area contributed by atoms with Crippen LogP contribution in [0.2, 0.25) is 0 Å². The lowest BCUT2D eigenvalue weighted by Gasteiger charge is -2.24. The number of benzene rings is 1. The SMILES string of the molecule is CC(NCC1CCOCC1)c1cccc([N+](=O)[O-])c1. The number of nitrogens with zero attached hydrogens (tertiary/aromatic N) is 1. The summed E-state index contributed by atoms with van der Waals surface area (Å²) in [4.78, 5) is 10.4. The second-order valence-corrected chi connectivity index (χ2v) is 5.04. The van der Waals surface area contributed by atoms with Crippen LogP contribution in [0.3, 0.4) is 0 Å². The van der Waals surface area contributed by atoms with Gasteiger partial charge in [-0.05, 0) is 37.8 Å². The van der Waals surface area contributed by atoms with Gasteiger partial charge in [-0.15, -0.1) is 0 Å². The Balaban J connectivity index is 1.89. The molecule has 1 saturated heterocycles. The van der Waals surface area contributed by atoms with Crippen LogP contribution in [0.5, 0.6) is 0 Å². The lowest BCUT2D eigenvalue weighted by atomic mass is 9.99. The lowest BCUT2D eigenvalue weighted by Crippen LogP contribution is -2.29. The minimum absolute atomic E-state index is 0.128. The second-order valence-electron chi connectivity index (χ2n) is 5.04. The van der Waals surface area contributed by atoms with Crippen LogP contribution in [-0.2, 0) is 4.74 Å². The highest BCUT2D eigenvalue weighted by atomic mass is 16.6. The first-order valence-corrected chi connectivity index (χ1v) is 6.72. The zero-order chi connectivity index (χ0) is 13.7. The van der Waals surface area contributed by atoms with E-state index >= 15 is 0 Å². The molecule has 0 amide bonds. The van der Waals surface area contributed by atoms with Crippen LogP contribution in [0, 0.1) is 16.0 Å². The molecule has 0 saturated carbocycles. The van der Waals surface area contributed by atoms with Crippen molar-refractivity contribution >= 4 is 5.69 Å². The number of hydrogen-bond donors (Lipinski definition) is 1. The summed E-state index contributed by atoms with van der Waals surface area (Å²) in [5, 5.41) is 14.2. The maximum atomic E-state index is 10.8. The van der Waals surface area contributed by atoms with Crippen LogP contribution in [-0.4, -0.2) is 24.7 Å². The van der Waals surface area contributed by atoms with E-state index in [9.17, 15) is 10.1 Å². The molecule has 1 N–H and O–H groups in total. The van der Waals surface area contributed by atoms with Crippen molar-refractivity contribution in [1.82, 2.24) is 5.32 Å². The van der Waals surface area contributed by atoms with E-state index < -0.39 is 0 Å². The second kappa shape index (κ2) is 6.63. The molecule has 0 bridgehead atoms. The number of nitro groups is 1. The largest absolute Gasteiger partial charge is 0.381 e. The monoisotopic (exact) mass is 264 g/mol. The standard InChI is InChI=1S/C14H20N2O3/c1-11(15-10-12-5-7-19-8-6-12)13-3-2-4-14(9-13)16(17)18/h2-4,9,11-12,15H,5-8,10H2,1H3. The molecule has 5 nitrogen and oxygen atoms in total. The van der Waals surface area contributed by atoms with Gasteiger partial charge in [0.25, 0.3) is 5.69 Å². The van der Waals surface area contributed by atoms with Gasteiger partial charge in [0.05, 0.1) is 4.92 Å². The third kappa shape index (κ3) is 4.01. The van der Waals surface area contributed by atoms with Crippen LogP contribution >= 0.6 is 0 Å². The molecular weight excluding hydrogens is 244 g/mol. The first kappa shape index (κ1) is 14.0. The summed E-state index contributed by atoms with van der Waals surface area (Å²) in [7, 11) is 0. The Kier molecular flexibility index (Phi) is 4.87. The van der Waals surface area contributed by atoms with Gasteiger partial charge in [0.1, 0.15) is 0 Å². The summed E-state index contributed by atoms with van der Waals surface area (Å²) in [6, 6.07) is 6.95. The molecular formula is C14H20N2O3. The molecule has 1 aliphatic rings. The molecule has 1 aromatic carbocycles. The van der Waals surface area contributed by atoms with Crippen molar-refractivity contribution in [3.63, 3.8) is 0 Å². The molecule has 0 spiro atoms. The first-order valence-electron chi connectivity index (χ1n) is 6.72. The highest BCUT2D eigenvalue weighted by Crippen LogP contribution is 2.20. The van der Waals surface area contributed by atoms with Gasteiger partial charge >= 0.3 is 0 Å². The minimum Gasteiger partial charge on any atom is -0.381 e. The smallest absolute Gasteiger partial charge is 0.269 e. The Bertz CT molecular complexity index is 430. The predicted octanol–water partition coefficient (Wildman–Crippen LogP) is 2.67. The van der Waals surface area contributed by atoms with E-state index in [1.165, 1.54) is 6.07 Å². The van der Waals surface area contributed by atoms with Gasteiger partial charge in [-0.3, -0.25) is 10.1 Å². The van der Waals surface area contributed by atoms with E-state index in [1.807, 2.05) is 13.0 Å². The molecule has 1 heterocycles. The zero-order valence-corrected chi connectivity index (χ0v) is 11.2. The summed E-state index contributed by atoms with van der Waals surface area (Å²) in [6.45, 7) is 4.67. The molecule has 1 aliphatic heterocycles. The van der Waals surface area contributed by atoms with Crippen molar-refractivity contribution in [1.29, 1.82) is 0 Å². The van der Waals surface area contributed by atoms with E-state index in [-0.39, 0.29) is 16.7 Å². The van der Waals surface area contributed by atoms with Gasteiger partial charge < -0.3 is 10.1 Å². The number of hydrogen-bond acceptors (Lipinski definition) is 4. The fourth-order valence-electron chi connectivity index (χ4n) is 2.32. The van der Waals surface area contributed by atoms with Crippen molar-refractivity contribution < 1.29 is 9.66 Å². The van der Waals surface area contributed by atoms with Gasteiger partial charge in [-0.1, -0.05) is 12.1 Å². The number of nitrogens with one attached hydrogen (secondary N) is 1. The predicted molar refractivity (Wildman–Crippen MR) is 73.1 cm³/mol. The van der Waals surface area contributed by atoms with Crippen LogP contribution in [0.25, 0.3) is 0 Å². The summed E-state index contributed by atoms with van der Waals surface area (Å²) >= 11 is 0. The van der Waals surface area contributed by atoms with Crippen LogP contribution < -0.4 is 5.32 Å². The highest BCUT2D eigenvalue weighted by Gasteiger charge is 2.16. The average Bonchev–Trinajstić information content (AvgIpc) is 2.46. The quantitative estimate of drug-likeness (QED) is 0.656. The summed E-state index contributed by atoms with van der Waals surface area (Å²) < 4.78 is 5.33. The fourth-order valence-corrected chi connectivity index (χ4v) is 2.32. The fraction of sp³-hybridized carbons (Fsp3) is 0.571. The van der Waals surface area contributed by atoms with Gasteiger partial charge in [-0.2, -0.15) is 0 Å². The normalized spacial score (nSPS) is 18.2. The van der Waals surface area contributed by atoms with Crippen molar-refractivity contribution in [2.24, 2.45) is 5.92 Å². The lowest BCUT2D eigenvalue weighted by molar-refractivity contribution is -0.384. The Labute approximate surface area is 113 Å². The topological polar surface area (TPSA) is 64.4 Å². The van der Waals surface area contributed by atoms with E-state index in [0.29, 0.717) is 5.92 Å². The Morgan fingerprint density at radius 3 is 2.89 bits per heavy atom. The molecule has 0 radical (unpaired) electrons. The van der Waals surface area contributed by atoms with E-state index in [2.05, 4.69) is 5.32 Å². The van der Waals surface area contributed by atoms with Crippen LogP contribution in [0.15, 0.2) is 24.3 Å². The Morgan fingerprint density at radius 1 is 1.47 bits per heavy atom.